The summed E-state index contributed by atoms with van der Waals surface area (Å²) in [6.07, 6.45) is 0. The Morgan fingerprint density at radius 3 is 2.65 bits per heavy atom. The van der Waals surface area contributed by atoms with Gasteiger partial charge in [0.15, 0.2) is 0 Å². The SMILES string of the molecule is Cc1cc(C(=O)Nc2ccc(F)c(Cl)c2)c2cc(F)ccc2n1. The third-order valence-corrected chi connectivity index (χ3v) is 3.61. The summed E-state index contributed by atoms with van der Waals surface area (Å²) in [5.41, 5.74) is 1.79. The van der Waals surface area contributed by atoms with E-state index in [4.69, 9.17) is 11.6 Å². The maximum atomic E-state index is 13.5. The average Bonchev–Trinajstić information content (AvgIpc) is 2.50. The summed E-state index contributed by atoms with van der Waals surface area (Å²) in [6.45, 7) is 1.74. The van der Waals surface area contributed by atoms with Crippen LogP contribution in [0.1, 0.15) is 16.1 Å². The van der Waals surface area contributed by atoms with E-state index in [9.17, 15) is 13.6 Å². The third-order valence-electron chi connectivity index (χ3n) is 3.32. The molecule has 1 N–H and O–H groups in total. The number of anilines is 1. The van der Waals surface area contributed by atoms with Gasteiger partial charge >= 0.3 is 0 Å². The zero-order valence-corrected chi connectivity index (χ0v) is 12.8. The van der Waals surface area contributed by atoms with Crippen molar-refractivity contribution in [2.24, 2.45) is 0 Å². The summed E-state index contributed by atoms with van der Waals surface area (Å²) >= 11 is 5.70. The molecule has 23 heavy (non-hydrogen) atoms. The number of halogens is 3. The predicted octanol–water partition coefficient (Wildman–Crippen LogP) is 4.73. The standard InChI is InChI=1S/C17H11ClF2N2O/c1-9-6-13(12-7-10(19)2-5-16(12)21-9)17(23)22-11-3-4-15(20)14(18)8-11/h2-8H,1H3,(H,22,23). The number of hydrogen-bond donors (Lipinski definition) is 1. The molecule has 0 aliphatic heterocycles. The molecule has 2 aromatic carbocycles. The maximum absolute atomic E-state index is 13.5. The molecule has 0 spiro atoms. The van der Waals surface area contributed by atoms with Crippen molar-refractivity contribution in [2.45, 2.75) is 6.92 Å². The van der Waals surface area contributed by atoms with Crippen LogP contribution in [0.15, 0.2) is 42.5 Å². The van der Waals surface area contributed by atoms with Crippen molar-refractivity contribution in [2.75, 3.05) is 5.32 Å². The Labute approximate surface area is 135 Å². The van der Waals surface area contributed by atoms with Gasteiger partial charge in [-0.25, -0.2) is 8.78 Å². The van der Waals surface area contributed by atoms with Gasteiger partial charge in [0.05, 0.1) is 16.1 Å². The highest BCUT2D eigenvalue weighted by Gasteiger charge is 2.14. The number of hydrogen-bond acceptors (Lipinski definition) is 2. The summed E-state index contributed by atoms with van der Waals surface area (Å²) < 4.78 is 26.7. The normalized spacial score (nSPS) is 10.8. The Kier molecular flexibility index (Phi) is 3.96. The minimum absolute atomic E-state index is 0.0930. The molecule has 116 valence electrons. The van der Waals surface area contributed by atoms with Gasteiger partial charge in [-0.1, -0.05) is 11.6 Å². The van der Waals surface area contributed by atoms with Crippen LogP contribution in [0.5, 0.6) is 0 Å². The lowest BCUT2D eigenvalue weighted by atomic mass is 10.1. The van der Waals surface area contributed by atoms with E-state index in [0.29, 0.717) is 22.3 Å². The molecule has 0 aliphatic carbocycles. The van der Waals surface area contributed by atoms with Crippen molar-refractivity contribution in [3.63, 3.8) is 0 Å². The fourth-order valence-electron chi connectivity index (χ4n) is 2.29. The van der Waals surface area contributed by atoms with Gasteiger partial charge in [0.1, 0.15) is 11.6 Å². The number of aromatic nitrogens is 1. The summed E-state index contributed by atoms with van der Waals surface area (Å²) in [7, 11) is 0. The van der Waals surface area contributed by atoms with Crippen molar-refractivity contribution in [1.82, 2.24) is 4.98 Å². The van der Waals surface area contributed by atoms with Gasteiger partial charge < -0.3 is 5.32 Å². The number of nitrogens with one attached hydrogen (secondary N) is 1. The van der Waals surface area contributed by atoms with Crippen LogP contribution in [-0.2, 0) is 0 Å². The number of amides is 1. The third kappa shape index (κ3) is 3.14. The highest BCUT2D eigenvalue weighted by Crippen LogP contribution is 2.23. The second kappa shape index (κ2) is 5.93. The lowest BCUT2D eigenvalue weighted by Crippen LogP contribution is -2.13. The largest absolute Gasteiger partial charge is 0.322 e. The fourth-order valence-corrected chi connectivity index (χ4v) is 2.47. The van der Waals surface area contributed by atoms with E-state index >= 15 is 0 Å². The number of carbonyl (C=O) groups is 1. The van der Waals surface area contributed by atoms with Crippen molar-refractivity contribution < 1.29 is 13.6 Å². The van der Waals surface area contributed by atoms with E-state index in [2.05, 4.69) is 10.3 Å². The topological polar surface area (TPSA) is 42.0 Å². The average molecular weight is 333 g/mol. The zero-order chi connectivity index (χ0) is 16.6. The van der Waals surface area contributed by atoms with Gasteiger partial charge in [0, 0.05) is 16.8 Å². The van der Waals surface area contributed by atoms with Crippen LogP contribution in [0.2, 0.25) is 5.02 Å². The molecule has 1 aromatic heterocycles. The van der Waals surface area contributed by atoms with Crippen LogP contribution < -0.4 is 5.32 Å². The van der Waals surface area contributed by atoms with Crippen LogP contribution in [0, 0.1) is 18.6 Å². The van der Waals surface area contributed by atoms with Gasteiger partial charge in [-0.15, -0.1) is 0 Å². The molecule has 3 aromatic rings. The molecule has 0 aliphatic rings. The number of nitrogens with zero attached hydrogens (tertiary/aromatic N) is 1. The van der Waals surface area contributed by atoms with E-state index in [1.807, 2.05) is 0 Å². The summed E-state index contributed by atoms with van der Waals surface area (Å²) in [6, 6.07) is 9.51. The van der Waals surface area contributed by atoms with Crippen LogP contribution in [0.3, 0.4) is 0 Å². The van der Waals surface area contributed by atoms with Crippen LogP contribution in [0.4, 0.5) is 14.5 Å². The fraction of sp³-hybridized carbons (Fsp3) is 0.0588. The number of carbonyl (C=O) groups excluding carboxylic acids is 1. The van der Waals surface area contributed by atoms with Crippen molar-refractivity contribution in [1.29, 1.82) is 0 Å². The monoisotopic (exact) mass is 332 g/mol. The van der Waals surface area contributed by atoms with Crippen LogP contribution in [0.25, 0.3) is 10.9 Å². The molecular formula is C17H11ClF2N2O. The van der Waals surface area contributed by atoms with E-state index in [0.717, 1.165) is 6.07 Å². The lowest BCUT2D eigenvalue weighted by molar-refractivity contribution is 0.102. The van der Waals surface area contributed by atoms with Crippen molar-refractivity contribution >= 4 is 34.1 Å². The minimum atomic E-state index is -0.572. The molecule has 0 saturated heterocycles. The Hall–Kier alpha value is -2.53. The van der Waals surface area contributed by atoms with Gasteiger partial charge in [-0.3, -0.25) is 9.78 Å². The quantitative estimate of drug-likeness (QED) is 0.737. The second-order valence-corrected chi connectivity index (χ2v) is 5.46. The highest BCUT2D eigenvalue weighted by molar-refractivity contribution is 6.31. The van der Waals surface area contributed by atoms with Crippen LogP contribution in [-0.4, -0.2) is 10.9 Å². The minimum Gasteiger partial charge on any atom is -0.322 e. The van der Waals surface area contributed by atoms with Gasteiger partial charge in [-0.05, 0) is 49.4 Å². The molecule has 0 radical (unpaired) electrons. The number of fused-ring (bicyclic) bond motifs is 1. The van der Waals surface area contributed by atoms with Crippen molar-refractivity contribution in [3.8, 4) is 0 Å². The van der Waals surface area contributed by atoms with E-state index < -0.39 is 17.5 Å². The molecule has 1 amide bonds. The molecule has 3 nitrogen and oxygen atoms in total. The molecule has 0 fully saturated rings. The van der Waals surface area contributed by atoms with E-state index in [-0.39, 0.29) is 10.6 Å². The second-order valence-electron chi connectivity index (χ2n) is 5.06. The van der Waals surface area contributed by atoms with Crippen LogP contribution >= 0.6 is 11.6 Å². The first-order valence-corrected chi connectivity index (χ1v) is 7.15. The molecule has 1 heterocycles. The number of rotatable bonds is 2. The number of pyridine rings is 1. The summed E-state index contributed by atoms with van der Waals surface area (Å²) in [5, 5.41) is 2.94. The molecule has 0 atom stereocenters. The maximum Gasteiger partial charge on any atom is 0.256 e. The zero-order valence-electron chi connectivity index (χ0n) is 12.0. The Bertz CT molecular complexity index is 928. The molecule has 6 heteroatoms. The molecular weight excluding hydrogens is 322 g/mol. The highest BCUT2D eigenvalue weighted by atomic mass is 35.5. The van der Waals surface area contributed by atoms with Crippen molar-refractivity contribution in [3.05, 3.63) is 70.4 Å². The molecule has 0 saturated carbocycles. The van der Waals surface area contributed by atoms with Gasteiger partial charge in [0.25, 0.3) is 5.91 Å². The van der Waals surface area contributed by atoms with E-state index in [1.54, 1.807) is 13.0 Å². The predicted molar refractivity (Wildman–Crippen MR) is 85.8 cm³/mol. The molecule has 0 bridgehead atoms. The molecule has 0 unspecified atom stereocenters. The lowest BCUT2D eigenvalue weighted by Gasteiger charge is -2.10. The summed E-state index contributed by atoms with van der Waals surface area (Å²) in [5.74, 6) is -1.48. The van der Waals surface area contributed by atoms with Gasteiger partial charge in [-0.2, -0.15) is 0 Å². The smallest absolute Gasteiger partial charge is 0.256 e. The van der Waals surface area contributed by atoms with E-state index in [1.165, 1.54) is 30.3 Å². The Balaban J connectivity index is 2.03. The first-order chi connectivity index (χ1) is 10.9. The number of aryl methyl sites for hydroxylation is 1. The first kappa shape index (κ1) is 15.4. The summed E-state index contributed by atoms with van der Waals surface area (Å²) in [4.78, 5) is 16.8. The first-order valence-electron chi connectivity index (χ1n) is 6.77. The Morgan fingerprint density at radius 2 is 1.91 bits per heavy atom. The van der Waals surface area contributed by atoms with Gasteiger partial charge in [0.2, 0.25) is 0 Å². The Morgan fingerprint density at radius 1 is 1.13 bits per heavy atom. The molecule has 3 rings (SSSR count). The number of benzene rings is 2.